The summed E-state index contributed by atoms with van der Waals surface area (Å²) in [4.78, 5) is 0. The zero-order valence-corrected chi connectivity index (χ0v) is 8.46. The average molecular weight is 207 g/mol. The van der Waals surface area contributed by atoms with E-state index in [9.17, 15) is 0 Å². The van der Waals surface area contributed by atoms with Gasteiger partial charge >= 0.3 is 0 Å². The van der Waals surface area contributed by atoms with Crippen molar-refractivity contribution in [2.75, 3.05) is 0 Å². The Kier molecular flexibility index (Phi) is 2.72. The molecule has 0 radical (unpaired) electrons. The predicted molar refractivity (Wildman–Crippen MR) is 56.0 cm³/mol. The molecule has 0 amide bonds. The number of hydrogen-bond acceptors (Lipinski definition) is 2. The standard InChI is InChI=1S/C11H11ClN2/c12-9-3-1-8(2-4-9)11(7-13)14-10-5-6-10/h1-4,10-11,14H,5-6H2. The van der Waals surface area contributed by atoms with Crippen LogP contribution in [0.5, 0.6) is 0 Å². The van der Waals surface area contributed by atoms with Crippen molar-refractivity contribution in [2.45, 2.75) is 24.9 Å². The summed E-state index contributed by atoms with van der Waals surface area (Å²) in [7, 11) is 0. The van der Waals surface area contributed by atoms with Gasteiger partial charge in [-0.2, -0.15) is 5.26 Å². The summed E-state index contributed by atoms with van der Waals surface area (Å²) in [6.07, 6.45) is 2.37. The highest BCUT2D eigenvalue weighted by Crippen LogP contribution is 2.24. The summed E-state index contributed by atoms with van der Waals surface area (Å²) in [5.74, 6) is 0. The van der Waals surface area contributed by atoms with Crippen LogP contribution in [0.3, 0.4) is 0 Å². The van der Waals surface area contributed by atoms with Crippen LogP contribution in [0, 0.1) is 11.3 Å². The van der Waals surface area contributed by atoms with Crippen molar-refractivity contribution in [1.82, 2.24) is 5.32 Å². The maximum Gasteiger partial charge on any atom is 0.121 e. The third kappa shape index (κ3) is 2.25. The van der Waals surface area contributed by atoms with Crippen LogP contribution in [0.4, 0.5) is 0 Å². The zero-order valence-electron chi connectivity index (χ0n) is 7.70. The van der Waals surface area contributed by atoms with Crippen molar-refractivity contribution in [3.63, 3.8) is 0 Å². The molecule has 1 aliphatic rings. The van der Waals surface area contributed by atoms with Crippen molar-refractivity contribution < 1.29 is 0 Å². The lowest BCUT2D eigenvalue weighted by Gasteiger charge is -2.10. The van der Waals surface area contributed by atoms with Crippen LogP contribution >= 0.6 is 11.6 Å². The number of rotatable bonds is 3. The second-order valence-corrected chi connectivity index (χ2v) is 3.99. The average Bonchev–Trinajstić information content (AvgIpc) is 3.00. The fourth-order valence-electron chi connectivity index (χ4n) is 1.35. The molecule has 1 aromatic rings. The lowest BCUT2D eigenvalue weighted by Crippen LogP contribution is -2.21. The van der Waals surface area contributed by atoms with Gasteiger partial charge in [-0.25, -0.2) is 0 Å². The van der Waals surface area contributed by atoms with E-state index in [2.05, 4.69) is 11.4 Å². The number of hydrogen-bond donors (Lipinski definition) is 1. The molecule has 0 aliphatic heterocycles. The molecule has 2 nitrogen and oxygen atoms in total. The second-order valence-electron chi connectivity index (χ2n) is 3.55. The minimum atomic E-state index is -0.195. The second kappa shape index (κ2) is 4.00. The molecular weight excluding hydrogens is 196 g/mol. The van der Waals surface area contributed by atoms with Crippen molar-refractivity contribution in [2.24, 2.45) is 0 Å². The van der Waals surface area contributed by atoms with Crippen LogP contribution in [-0.4, -0.2) is 6.04 Å². The highest BCUT2D eigenvalue weighted by molar-refractivity contribution is 6.30. The van der Waals surface area contributed by atoms with Gasteiger partial charge in [0.1, 0.15) is 6.04 Å². The van der Waals surface area contributed by atoms with Gasteiger partial charge in [-0.05, 0) is 30.5 Å². The van der Waals surface area contributed by atoms with E-state index in [1.807, 2.05) is 24.3 Å². The lowest BCUT2D eigenvalue weighted by atomic mass is 10.1. The quantitative estimate of drug-likeness (QED) is 0.826. The Morgan fingerprint density at radius 3 is 2.50 bits per heavy atom. The van der Waals surface area contributed by atoms with Gasteiger partial charge in [0.25, 0.3) is 0 Å². The largest absolute Gasteiger partial charge is 0.295 e. The summed E-state index contributed by atoms with van der Waals surface area (Å²) >= 11 is 5.77. The van der Waals surface area contributed by atoms with E-state index in [4.69, 9.17) is 16.9 Å². The summed E-state index contributed by atoms with van der Waals surface area (Å²) in [5, 5.41) is 13.0. The van der Waals surface area contributed by atoms with Gasteiger partial charge in [0.05, 0.1) is 6.07 Å². The van der Waals surface area contributed by atoms with Gasteiger partial charge in [0.15, 0.2) is 0 Å². The summed E-state index contributed by atoms with van der Waals surface area (Å²) in [5.41, 5.74) is 0.990. The lowest BCUT2D eigenvalue weighted by molar-refractivity contribution is 0.626. The molecule has 1 fully saturated rings. The van der Waals surface area contributed by atoms with Gasteiger partial charge in [0.2, 0.25) is 0 Å². The first-order valence-corrected chi connectivity index (χ1v) is 5.08. The summed E-state index contributed by atoms with van der Waals surface area (Å²) < 4.78 is 0. The van der Waals surface area contributed by atoms with E-state index in [1.165, 1.54) is 12.8 Å². The van der Waals surface area contributed by atoms with Crippen molar-refractivity contribution in [3.05, 3.63) is 34.9 Å². The molecule has 0 heterocycles. The molecule has 72 valence electrons. The maximum atomic E-state index is 8.98. The molecule has 1 unspecified atom stereocenters. The molecule has 1 aromatic carbocycles. The van der Waals surface area contributed by atoms with Gasteiger partial charge in [-0.1, -0.05) is 23.7 Å². The molecule has 1 aliphatic carbocycles. The fraction of sp³-hybridized carbons (Fsp3) is 0.364. The highest BCUT2D eigenvalue weighted by Gasteiger charge is 2.24. The first-order valence-electron chi connectivity index (χ1n) is 4.71. The Hall–Kier alpha value is -1.04. The van der Waals surface area contributed by atoms with E-state index in [0.717, 1.165) is 5.56 Å². The van der Waals surface area contributed by atoms with Crippen LogP contribution in [0.15, 0.2) is 24.3 Å². The van der Waals surface area contributed by atoms with E-state index >= 15 is 0 Å². The van der Waals surface area contributed by atoms with Gasteiger partial charge in [0, 0.05) is 11.1 Å². The van der Waals surface area contributed by atoms with Crippen molar-refractivity contribution in [1.29, 1.82) is 5.26 Å². The number of nitriles is 1. The third-order valence-electron chi connectivity index (χ3n) is 2.31. The van der Waals surface area contributed by atoms with Crippen LogP contribution in [0.25, 0.3) is 0 Å². The Labute approximate surface area is 88.5 Å². The molecule has 1 atom stereocenters. The first kappa shape index (κ1) is 9.51. The van der Waals surface area contributed by atoms with E-state index in [0.29, 0.717) is 11.1 Å². The Bertz CT molecular complexity index is 349. The molecule has 14 heavy (non-hydrogen) atoms. The summed E-state index contributed by atoms with van der Waals surface area (Å²) in [6, 6.07) is 10.0. The molecule has 0 bridgehead atoms. The Balaban J connectivity index is 2.10. The molecule has 0 saturated heterocycles. The maximum absolute atomic E-state index is 8.98. The van der Waals surface area contributed by atoms with Crippen LogP contribution in [0.2, 0.25) is 5.02 Å². The molecule has 1 saturated carbocycles. The van der Waals surface area contributed by atoms with Gasteiger partial charge in [-0.15, -0.1) is 0 Å². The van der Waals surface area contributed by atoms with Crippen molar-refractivity contribution >= 4 is 11.6 Å². The predicted octanol–water partition coefficient (Wildman–Crippen LogP) is 2.66. The number of nitrogens with one attached hydrogen (secondary N) is 1. The molecule has 2 rings (SSSR count). The normalized spacial score (nSPS) is 17.4. The van der Waals surface area contributed by atoms with Gasteiger partial charge in [-0.3, -0.25) is 5.32 Å². The molecule has 3 heteroatoms. The third-order valence-corrected chi connectivity index (χ3v) is 2.56. The number of nitrogens with zero attached hydrogens (tertiary/aromatic N) is 1. The van der Waals surface area contributed by atoms with Crippen LogP contribution < -0.4 is 5.32 Å². The number of benzene rings is 1. The van der Waals surface area contributed by atoms with Crippen LogP contribution in [0.1, 0.15) is 24.4 Å². The van der Waals surface area contributed by atoms with Crippen LogP contribution in [-0.2, 0) is 0 Å². The smallest absolute Gasteiger partial charge is 0.121 e. The molecule has 0 spiro atoms. The topological polar surface area (TPSA) is 35.8 Å². The minimum absolute atomic E-state index is 0.195. The SMILES string of the molecule is N#CC(NC1CC1)c1ccc(Cl)cc1. The Morgan fingerprint density at radius 1 is 1.36 bits per heavy atom. The fourth-order valence-corrected chi connectivity index (χ4v) is 1.47. The van der Waals surface area contributed by atoms with E-state index in [1.54, 1.807) is 0 Å². The van der Waals surface area contributed by atoms with E-state index < -0.39 is 0 Å². The molecule has 1 N–H and O–H groups in total. The highest BCUT2D eigenvalue weighted by atomic mass is 35.5. The monoisotopic (exact) mass is 206 g/mol. The molecule has 0 aromatic heterocycles. The first-order chi connectivity index (χ1) is 6.79. The minimum Gasteiger partial charge on any atom is -0.295 e. The van der Waals surface area contributed by atoms with E-state index in [-0.39, 0.29) is 6.04 Å². The summed E-state index contributed by atoms with van der Waals surface area (Å²) in [6.45, 7) is 0. The molecular formula is C11H11ClN2. The van der Waals surface area contributed by atoms with Crippen molar-refractivity contribution in [3.8, 4) is 6.07 Å². The Morgan fingerprint density at radius 2 is 2.00 bits per heavy atom. The zero-order chi connectivity index (χ0) is 9.97. The number of halogens is 1. The van der Waals surface area contributed by atoms with Gasteiger partial charge < -0.3 is 0 Å².